The predicted octanol–water partition coefficient (Wildman–Crippen LogP) is 2.79. The molecule has 0 saturated carbocycles. The van der Waals surface area contributed by atoms with Crippen LogP contribution in [0.15, 0.2) is 47.4 Å². The van der Waals surface area contributed by atoms with Crippen LogP contribution in [0.4, 0.5) is 5.69 Å². The number of sulfonamides is 1. The number of imide groups is 1. The van der Waals surface area contributed by atoms with Crippen molar-refractivity contribution >= 4 is 27.5 Å². The second kappa shape index (κ2) is 8.85. The molecule has 0 aromatic heterocycles. The van der Waals surface area contributed by atoms with Crippen molar-refractivity contribution in [2.75, 3.05) is 19.1 Å². The molecule has 30 heavy (non-hydrogen) atoms. The van der Waals surface area contributed by atoms with E-state index in [1.165, 1.54) is 25.3 Å². The maximum atomic E-state index is 13.1. The molecule has 0 radical (unpaired) electrons. The Hall–Kier alpha value is -2.91. The smallest absolute Gasteiger partial charge is 0.241 e. The molecular formula is C21H24N2O6S. The van der Waals surface area contributed by atoms with Gasteiger partial charge in [-0.1, -0.05) is 19.1 Å². The first-order valence-corrected chi connectivity index (χ1v) is 11.0. The van der Waals surface area contributed by atoms with Gasteiger partial charge >= 0.3 is 0 Å². The van der Waals surface area contributed by atoms with E-state index in [2.05, 4.69) is 4.72 Å². The fourth-order valence-electron chi connectivity index (χ4n) is 3.34. The first-order chi connectivity index (χ1) is 14.3. The number of methoxy groups -OCH3 is 2. The summed E-state index contributed by atoms with van der Waals surface area (Å²) >= 11 is 0. The van der Waals surface area contributed by atoms with Crippen LogP contribution >= 0.6 is 0 Å². The fourth-order valence-corrected chi connectivity index (χ4v) is 4.66. The molecule has 160 valence electrons. The first-order valence-electron chi connectivity index (χ1n) is 9.50. The molecule has 1 heterocycles. The van der Waals surface area contributed by atoms with E-state index < -0.39 is 16.1 Å². The number of amides is 2. The third-order valence-electron chi connectivity index (χ3n) is 4.98. The van der Waals surface area contributed by atoms with Gasteiger partial charge in [-0.05, 0) is 42.3 Å². The zero-order valence-corrected chi connectivity index (χ0v) is 17.9. The van der Waals surface area contributed by atoms with E-state index >= 15 is 0 Å². The van der Waals surface area contributed by atoms with Crippen LogP contribution in [0.2, 0.25) is 0 Å². The van der Waals surface area contributed by atoms with E-state index in [4.69, 9.17) is 9.47 Å². The molecular weight excluding hydrogens is 408 g/mol. The Kier molecular flexibility index (Phi) is 6.42. The number of nitrogens with zero attached hydrogens (tertiary/aromatic N) is 1. The summed E-state index contributed by atoms with van der Waals surface area (Å²) in [4.78, 5) is 25.2. The normalized spacial score (nSPS) is 15.4. The van der Waals surface area contributed by atoms with Crippen molar-refractivity contribution in [3.8, 4) is 11.5 Å². The second-order valence-electron chi connectivity index (χ2n) is 6.81. The zero-order chi connectivity index (χ0) is 21.9. The maximum absolute atomic E-state index is 13.1. The van der Waals surface area contributed by atoms with Crippen LogP contribution < -0.4 is 19.1 Å². The highest BCUT2D eigenvalue weighted by atomic mass is 32.2. The van der Waals surface area contributed by atoms with Gasteiger partial charge < -0.3 is 9.47 Å². The van der Waals surface area contributed by atoms with E-state index in [-0.39, 0.29) is 41.0 Å². The van der Waals surface area contributed by atoms with Crippen molar-refractivity contribution in [3.05, 3.63) is 48.0 Å². The van der Waals surface area contributed by atoms with Crippen LogP contribution in [0.3, 0.4) is 0 Å². The SMILES string of the molecule is CC[C@H](NS(=O)(=O)c1ccc(OC)c(N2C(=O)CCC2=O)c1)c1ccc(OC)cc1. The van der Waals surface area contributed by atoms with Crippen molar-refractivity contribution in [2.45, 2.75) is 37.1 Å². The summed E-state index contributed by atoms with van der Waals surface area (Å²) in [6, 6.07) is 10.8. The van der Waals surface area contributed by atoms with E-state index in [0.717, 1.165) is 10.5 Å². The highest BCUT2D eigenvalue weighted by Gasteiger charge is 2.33. The van der Waals surface area contributed by atoms with Gasteiger partial charge in [0, 0.05) is 18.9 Å². The average Bonchev–Trinajstić information content (AvgIpc) is 3.09. The van der Waals surface area contributed by atoms with E-state index in [0.29, 0.717) is 12.2 Å². The summed E-state index contributed by atoms with van der Waals surface area (Å²) in [5.41, 5.74) is 0.922. The molecule has 0 spiro atoms. The number of hydrogen-bond acceptors (Lipinski definition) is 6. The number of benzene rings is 2. The molecule has 0 unspecified atom stereocenters. The molecule has 3 rings (SSSR count). The Balaban J connectivity index is 1.94. The molecule has 2 aromatic carbocycles. The predicted molar refractivity (Wildman–Crippen MR) is 111 cm³/mol. The highest BCUT2D eigenvalue weighted by Crippen LogP contribution is 2.34. The topological polar surface area (TPSA) is 102 Å². The van der Waals surface area contributed by atoms with Gasteiger partial charge in [-0.2, -0.15) is 0 Å². The molecule has 2 amide bonds. The molecule has 1 fully saturated rings. The lowest BCUT2D eigenvalue weighted by Gasteiger charge is -2.21. The van der Waals surface area contributed by atoms with Crippen LogP contribution in [0.5, 0.6) is 11.5 Å². The van der Waals surface area contributed by atoms with Crippen molar-refractivity contribution in [1.82, 2.24) is 4.72 Å². The molecule has 9 heteroatoms. The zero-order valence-electron chi connectivity index (χ0n) is 17.0. The van der Waals surface area contributed by atoms with Gasteiger partial charge in [0.2, 0.25) is 21.8 Å². The summed E-state index contributed by atoms with van der Waals surface area (Å²) in [5, 5.41) is 0. The lowest BCUT2D eigenvalue weighted by molar-refractivity contribution is -0.121. The number of ether oxygens (including phenoxy) is 2. The summed E-state index contributed by atoms with van der Waals surface area (Å²) in [6.45, 7) is 1.87. The monoisotopic (exact) mass is 432 g/mol. The molecule has 1 aliphatic rings. The van der Waals surface area contributed by atoms with Crippen molar-refractivity contribution in [1.29, 1.82) is 0 Å². The quantitative estimate of drug-likeness (QED) is 0.644. The van der Waals surface area contributed by atoms with Crippen LogP contribution in [0, 0.1) is 0 Å². The number of carbonyl (C=O) groups excluding carboxylic acids is 2. The minimum Gasteiger partial charge on any atom is -0.497 e. The maximum Gasteiger partial charge on any atom is 0.241 e. The number of nitrogens with one attached hydrogen (secondary N) is 1. The minimum atomic E-state index is -3.93. The molecule has 1 N–H and O–H groups in total. The largest absolute Gasteiger partial charge is 0.497 e. The van der Waals surface area contributed by atoms with Crippen LogP contribution in [0.25, 0.3) is 0 Å². The molecule has 0 aliphatic carbocycles. The molecule has 1 aliphatic heterocycles. The van der Waals surface area contributed by atoms with Gasteiger partial charge in [-0.25, -0.2) is 18.0 Å². The number of carbonyl (C=O) groups is 2. The first kappa shape index (κ1) is 21.8. The van der Waals surface area contributed by atoms with Gasteiger partial charge in [0.1, 0.15) is 11.5 Å². The van der Waals surface area contributed by atoms with E-state index in [1.807, 2.05) is 6.92 Å². The Labute approximate surface area is 175 Å². The average molecular weight is 432 g/mol. The van der Waals surface area contributed by atoms with Gasteiger partial charge in [0.15, 0.2) is 0 Å². The third-order valence-corrected chi connectivity index (χ3v) is 6.45. The van der Waals surface area contributed by atoms with Crippen molar-refractivity contribution in [2.24, 2.45) is 0 Å². The minimum absolute atomic E-state index is 0.0576. The summed E-state index contributed by atoms with van der Waals surface area (Å²) in [6.07, 6.45) is 0.705. The Morgan fingerprint density at radius 1 is 1.00 bits per heavy atom. The standard InChI is InChI=1S/C21H24N2O6S/c1-4-17(14-5-7-15(28-2)8-6-14)22-30(26,27)16-9-10-19(29-3)18(13-16)23-20(24)11-12-21(23)25/h5-10,13,17,22H,4,11-12H2,1-3H3/t17-/m0/s1. The van der Waals surface area contributed by atoms with Gasteiger partial charge in [-0.3, -0.25) is 9.59 Å². The molecule has 1 saturated heterocycles. The van der Waals surface area contributed by atoms with Gasteiger partial charge in [0.05, 0.1) is 24.8 Å². The summed E-state index contributed by atoms with van der Waals surface area (Å²) < 4.78 is 39.2. The van der Waals surface area contributed by atoms with Gasteiger partial charge in [-0.15, -0.1) is 0 Å². The summed E-state index contributed by atoms with van der Waals surface area (Å²) in [5.74, 6) is 0.159. The van der Waals surface area contributed by atoms with Crippen molar-refractivity contribution in [3.63, 3.8) is 0 Å². The third kappa shape index (κ3) is 4.31. The second-order valence-corrected chi connectivity index (χ2v) is 8.53. The number of rotatable bonds is 8. The molecule has 2 aromatic rings. The fraction of sp³-hybridized carbons (Fsp3) is 0.333. The lowest BCUT2D eigenvalue weighted by atomic mass is 10.1. The van der Waals surface area contributed by atoms with Crippen LogP contribution in [0.1, 0.15) is 37.8 Å². The van der Waals surface area contributed by atoms with Crippen LogP contribution in [-0.2, 0) is 19.6 Å². The number of hydrogen-bond donors (Lipinski definition) is 1. The van der Waals surface area contributed by atoms with E-state index in [1.54, 1.807) is 31.4 Å². The molecule has 8 nitrogen and oxygen atoms in total. The number of anilines is 1. The van der Waals surface area contributed by atoms with Crippen molar-refractivity contribution < 1.29 is 27.5 Å². The Morgan fingerprint density at radius 2 is 1.63 bits per heavy atom. The van der Waals surface area contributed by atoms with Crippen LogP contribution in [-0.4, -0.2) is 34.5 Å². The van der Waals surface area contributed by atoms with E-state index in [9.17, 15) is 18.0 Å². The summed E-state index contributed by atoms with van der Waals surface area (Å²) in [7, 11) is -0.976. The molecule has 0 bridgehead atoms. The van der Waals surface area contributed by atoms with Gasteiger partial charge in [0.25, 0.3) is 0 Å². The highest BCUT2D eigenvalue weighted by molar-refractivity contribution is 7.89. The molecule has 1 atom stereocenters. The lowest BCUT2D eigenvalue weighted by Crippen LogP contribution is -2.31. The Bertz CT molecular complexity index is 1030. The Morgan fingerprint density at radius 3 is 2.17 bits per heavy atom.